The predicted molar refractivity (Wildman–Crippen MR) is 223 cm³/mol. The van der Waals surface area contributed by atoms with Gasteiger partial charge in [-0.15, -0.1) is 0 Å². The van der Waals surface area contributed by atoms with Crippen LogP contribution in [0.1, 0.15) is 30.5 Å². The van der Waals surface area contributed by atoms with Crippen molar-refractivity contribution in [2.45, 2.75) is 19.3 Å². The molecule has 1 aliphatic carbocycles. The Morgan fingerprint density at radius 1 is 0.500 bits per heavy atom. The first-order chi connectivity index (χ1) is 26.5. The smallest absolute Gasteiger partial charge is 0.0991 e. The number of hydrogen-bond acceptors (Lipinski definition) is 2. The minimum Gasteiger partial charge on any atom is -0.309 e. The van der Waals surface area contributed by atoms with E-state index in [1.165, 1.54) is 44.1 Å². The Kier molecular flexibility index (Phi) is 7.22. The lowest BCUT2D eigenvalue weighted by molar-refractivity contribution is 0.664. The number of benzene rings is 7. The maximum Gasteiger partial charge on any atom is 0.0991 e. The van der Waals surface area contributed by atoms with E-state index in [1.807, 2.05) is 24.3 Å². The third-order valence-electron chi connectivity index (χ3n) is 11.2. The molecule has 0 N–H and O–H groups in total. The molecule has 0 saturated carbocycles. The van der Waals surface area contributed by atoms with Crippen molar-refractivity contribution in [1.29, 1.82) is 5.26 Å². The zero-order valence-corrected chi connectivity index (χ0v) is 30.1. The summed E-state index contributed by atoms with van der Waals surface area (Å²) in [5.41, 5.74) is 17.5. The minimum absolute atomic E-state index is 0.203. The number of fused-ring (bicyclic) bond motifs is 7. The van der Waals surface area contributed by atoms with Gasteiger partial charge in [-0.1, -0.05) is 141 Å². The highest BCUT2D eigenvalue weighted by molar-refractivity contribution is 6.13. The van der Waals surface area contributed by atoms with Crippen LogP contribution in [0.3, 0.4) is 0 Å². The van der Waals surface area contributed by atoms with Crippen molar-refractivity contribution >= 4 is 21.8 Å². The molecule has 9 aromatic rings. The largest absolute Gasteiger partial charge is 0.309 e. The first kappa shape index (κ1) is 31.7. The van der Waals surface area contributed by atoms with E-state index >= 15 is 0 Å². The molecule has 10 rings (SSSR count). The Hall–Kier alpha value is -7.02. The number of hydrogen-bond donors (Lipinski definition) is 0. The van der Waals surface area contributed by atoms with Crippen LogP contribution >= 0.6 is 0 Å². The SMILES string of the molecule is CC1(C)c2ccccc2-c2ccc3c4ccccc4n(-c4cc(-c5ccc(C#N)cc5)cc(-c5cc(-c6ccccc6)nc(-c6ccccc6)c5)c4)c3c21. The van der Waals surface area contributed by atoms with E-state index in [9.17, 15) is 5.26 Å². The van der Waals surface area contributed by atoms with Crippen LogP contribution in [0.25, 0.3) is 83.4 Å². The molecule has 2 aromatic heterocycles. The van der Waals surface area contributed by atoms with Crippen LogP contribution < -0.4 is 0 Å². The van der Waals surface area contributed by atoms with Gasteiger partial charge in [0.15, 0.2) is 0 Å². The van der Waals surface area contributed by atoms with Crippen molar-refractivity contribution in [3.05, 3.63) is 193 Å². The van der Waals surface area contributed by atoms with Crippen LogP contribution in [0.4, 0.5) is 0 Å². The third-order valence-corrected chi connectivity index (χ3v) is 11.2. The van der Waals surface area contributed by atoms with Crippen molar-refractivity contribution in [3.8, 4) is 67.7 Å². The maximum atomic E-state index is 9.63. The van der Waals surface area contributed by atoms with Crippen molar-refractivity contribution < 1.29 is 0 Å². The first-order valence-corrected chi connectivity index (χ1v) is 18.4. The molecule has 2 heterocycles. The quantitative estimate of drug-likeness (QED) is 0.180. The summed E-state index contributed by atoms with van der Waals surface area (Å²) in [6, 6.07) is 64.7. The summed E-state index contributed by atoms with van der Waals surface area (Å²) in [6.07, 6.45) is 0. The second-order valence-electron chi connectivity index (χ2n) is 14.7. The molecule has 7 aromatic carbocycles. The molecule has 0 fully saturated rings. The molecule has 1 aliphatic rings. The summed E-state index contributed by atoms with van der Waals surface area (Å²) in [5, 5.41) is 12.1. The second kappa shape index (κ2) is 12.3. The van der Waals surface area contributed by atoms with Crippen LogP contribution in [0.15, 0.2) is 176 Å². The second-order valence-corrected chi connectivity index (χ2v) is 14.7. The number of nitrogens with zero attached hydrogens (tertiary/aromatic N) is 3. The molecule has 0 unspecified atom stereocenters. The summed E-state index contributed by atoms with van der Waals surface area (Å²) in [4.78, 5) is 5.19. The fourth-order valence-corrected chi connectivity index (χ4v) is 8.60. The molecular formula is C51H35N3. The summed E-state index contributed by atoms with van der Waals surface area (Å²) < 4.78 is 2.49. The Balaban J connectivity index is 1.29. The summed E-state index contributed by atoms with van der Waals surface area (Å²) >= 11 is 0. The van der Waals surface area contributed by atoms with Gasteiger partial charge in [0, 0.05) is 33.0 Å². The lowest BCUT2D eigenvalue weighted by Gasteiger charge is -2.24. The topological polar surface area (TPSA) is 41.6 Å². The van der Waals surface area contributed by atoms with Gasteiger partial charge in [-0.25, -0.2) is 4.98 Å². The summed E-state index contributed by atoms with van der Waals surface area (Å²) in [7, 11) is 0. The molecular weight excluding hydrogens is 655 g/mol. The summed E-state index contributed by atoms with van der Waals surface area (Å²) in [6.45, 7) is 4.73. The maximum absolute atomic E-state index is 9.63. The van der Waals surface area contributed by atoms with Crippen LogP contribution in [0.5, 0.6) is 0 Å². The van der Waals surface area contributed by atoms with Crippen LogP contribution in [0.2, 0.25) is 0 Å². The van der Waals surface area contributed by atoms with E-state index in [0.29, 0.717) is 5.56 Å². The van der Waals surface area contributed by atoms with Gasteiger partial charge in [-0.05, 0) is 93.0 Å². The Morgan fingerprint density at radius 3 is 1.78 bits per heavy atom. The average molecular weight is 690 g/mol. The average Bonchev–Trinajstić information content (AvgIpc) is 3.69. The van der Waals surface area contributed by atoms with E-state index in [1.54, 1.807) is 0 Å². The predicted octanol–water partition coefficient (Wildman–Crippen LogP) is 13.0. The number of para-hydroxylation sites is 1. The van der Waals surface area contributed by atoms with Gasteiger partial charge in [-0.3, -0.25) is 0 Å². The van der Waals surface area contributed by atoms with Crippen LogP contribution in [0, 0.1) is 11.3 Å². The molecule has 0 amide bonds. The molecule has 0 saturated heterocycles. The third kappa shape index (κ3) is 4.99. The number of pyridine rings is 1. The Bertz CT molecular complexity index is 2890. The van der Waals surface area contributed by atoms with E-state index in [4.69, 9.17) is 4.98 Å². The number of nitriles is 1. The highest BCUT2D eigenvalue weighted by atomic mass is 15.0. The molecule has 3 heteroatoms. The number of aromatic nitrogens is 2. The Morgan fingerprint density at radius 2 is 1.09 bits per heavy atom. The molecule has 54 heavy (non-hydrogen) atoms. The van der Waals surface area contributed by atoms with Crippen LogP contribution in [-0.2, 0) is 5.41 Å². The van der Waals surface area contributed by atoms with Gasteiger partial charge in [-0.2, -0.15) is 5.26 Å². The van der Waals surface area contributed by atoms with E-state index in [0.717, 1.165) is 50.5 Å². The first-order valence-electron chi connectivity index (χ1n) is 18.4. The van der Waals surface area contributed by atoms with Crippen molar-refractivity contribution in [3.63, 3.8) is 0 Å². The van der Waals surface area contributed by atoms with Gasteiger partial charge in [0.25, 0.3) is 0 Å². The van der Waals surface area contributed by atoms with Crippen LogP contribution in [-0.4, -0.2) is 9.55 Å². The molecule has 3 nitrogen and oxygen atoms in total. The van der Waals surface area contributed by atoms with Gasteiger partial charge >= 0.3 is 0 Å². The zero-order valence-electron chi connectivity index (χ0n) is 30.1. The molecule has 0 spiro atoms. The fourth-order valence-electron chi connectivity index (χ4n) is 8.60. The normalized spacial score (nSPS) is 12.8. The lowest BCUT2D eigenvalue weighted by Crippen LogP contribution is -2.16. The van der Waals surface area contributed by atoms with Gasteiger partial charge < -0.3 is 4.57 Å². The fraction of sp³-hybridized carbons (Fsp3) is 0.0588. The Labute approximate surface area is 315 Å². The van der Waals surface area contributed by atoms with E-state index < -0.39 is 0 Å². The molecule has 0 atom stereocenters. The molecule has 0 bridgehead atoms. The van der Waals surface area contributed by atoms with Gasteiger partial charge in [0.2, 0.25) is 0 Å². The van der Waals surface area contributed by atoms with Gasteiger partial charge in [0.1, 0.15) is 0 Å². The molecule has 254 valence electrons. The van der Waals surface area contributed by atoms with Gasteiger partial charge in [0.05, 0.1) is 34.1 Å². The monoisotopic (exact) mass is 689 g/mol. The van der Waals surface area contributed by atoms with E-state index in [2.05, 4.69) is 176 Å². The molecule has 0 aliphatic heterocycles. The minimum atomic E-state index is -0.203. The summed E-state index contributed by atoms with van der Waals surface area (Å²) in [5.74, 6) is 0. The van der Waals surface area contributed by atoms with E-state index in [-0.39, 0.29) is 5.41 Å². The molecule has 0 radical (unpaired) electrons. The number of rotatable bonds is 5. The standard InChI is InChI=1S/C51H35N3/c1-51(2)45-19-11-9-17-41(45)43-25-26-44-42-18-10-12-20-48(42)54(50(44)49(43)51)40-28-37(34-23-21-33(32-52)22-24-34)27-38(29-40)39-30-46(35-13-5-3-6-14-35)53-47(31-39)36-15-7-4-8-16-36/h3-31H,1-2H3. The van der Waals surface area contributed by atoms with Crippen molar-refractivity contribution in [2.24, 2.45) is 0 Å². The lowest BCUT2D eigenvalue weighted by atomic mass is 9.81. The highest BCUT2D eigenvalue weighted by Gasteiger charge is 2.38. The highest BCUT2D eigenvalue weighted by Crippen LogP contribution is 2.53. The van der Waals surface area contributed by atoms with Crippen molar-refractivity contribution in [1.82, 2.24) is 9.55 Å². The van der Waals surface area contributed by atoms with Crippen molar-refractivity contribution in [2.75, 3.05) is 0 Å². The zero-order chi connectivity index (χ0) is 36.4.